The van der Waals surface area contributed by atoms with Crippen molar-refractivity contribution in [2.45, 2.75) is 38.8 Å². The van der Waals surface area contributed by atoms with Crippen LogP contribution in [0, 0.1) is 6.92 Å². The number of amides is 2. The average molecular weight is 450 g/mol. The lowest BCUT2D eigenvalue weighted by Crippen LogP contribution is -2.39. The molecule has 4 heterocycles. The highest BCUT2D eigenvalue weighted by Gasteiger charge is 2.26. The summed E-state index contributed by atoms with van der Waals surface area (Å²) in [5, 5.41) is 7.38. The van der Waals surface area contributed by atoms with Gasteiger partial charge in [0.05, 0.1) is 12.2 Å². The molecule has 0 saturated carbocycles. The van der Waals surface area contributed by atoms with Crippen LogP contribution in [0.5, 0.6) is 11.5 Å². The molecule has 2 aliphatic rings. The van der Waals surface area contributed by atoms with Gasteiger partial charge in [-0.2, -0.15) is 5.10 Å². The van der Waals surface area contributed by atoms with E-state index in [0.717, 1.165) is 18.7 Å². The molecule has 10 nitrogen and oxygen atoms in total. The predicted molar refractivity (Wildman–Crippen MR) is 119 cm³/mol. The van der Waals surface area contributed by atoms with Crippen LogP contribution in [0.25, 0.3) is 0 Å². The van der Waals surface area contributed by atoms with Crippen molar-refractivity contribution in [1.29, 1.82) is 0 Å². The van der Waals surface area contributed by atoms with Crippen LogP contribution in [0.2, 0.25) is 0 Å². The van der Waals surface area contributed by atoms with Crippen LogP contribution in [0.3, 0.4) is 0 Å². The summed E-state index contributed by atoms with van der Waals surface area (Å²) >= 11 is 0. The van der Waals surface area contributed by atoms with E-state index in [9.17, 15) is 9.59 Å². The molecule has 172 valence electrons. The first kappa shape index (κ1) is 21.0. The van der Waals surface area contributed by atoms with Crippen LogP contribution < -0.4 is 14.8 Å². The van der Waals surface area contributed by atoms with Crippen LogP contribution in [-0.4, -0.2) is 55.9 Å². The molecule has 3 aromatic rings. The number of piperidine rings is 1. The molecular formula is C23H26N6O4. The minimum atomic E-state index is -0.238. The minimum absolute atomic E-state index is 0.118. The Balaban J connectivity index is 1.17. The second-order valence-electron chi connectivity index (χ2n) is 8.21. The maximum atomic E-state index is 12.8. The van der Waals surface area contributed by atoms with Crippen LogP contribution in [0.4, 0.5) is 5.82 Å². The second-order valence-corrected chi connectivity index (χ2v) is 8.21. The summed E-state index contributed by atoms with van der Waals surface area (Å²) in [6.45, 7) is 4.07. The smallest absolute Gasteiger partial charge is 0.256 e. The molecule has 0 atom stereocenters. The van der Waals surface area contributed by atoms with Gasteiger partial charge in [-0.05, 0) is 38.0 Å². The number of anilines is 1. The van der Waals surface area contributed by atoms with Crippen molar-refractivity contribution < 1.29 is 19.1 Å². The number of hydrogen-bond donors (Lipinski definition) is 1. The van der Waals surface area contributed by atoms with Gasteiger partial charge >= 0.3 is 0 Å². The van der Waals surface area contributed by atoms with Crippen LogP contribution in [-0.2, 0) is 11.3 Å². The monoisotopic (exact) mass is 450 g/mol. The van der Waals surface area contributed by atoms with Gasteiger partial charge in [0, 0.05) is 50.1 Å². The lowest BCUT2D eigenvalue weighted by atomic mass is 10.0. The first-order chi connectivity index (χ1) is 16.1. The molecule has 33 heavy (non-hydrogen) atoms. The Kier molecular flexibility index (Phi) is 5.72. The molecule has 2 amide bonds. The van der Waals surface area contributed by atoms with Crippen molar-refractivity contribution in [2.24, 2.45) is 0 Å². The molecule has 5 rings (SSSR count). The average Bonchev–Trinajstić information content (AvgIpc) is 3.58. The maximum absolute atomic E-state index is 12.8. The molecule has 0 unspecified atom stereocenters. The molecule has 2 aliphatic heterocycles. The fourth-order valence-electron chi connectivity index (χ4n) is 4.30. The number of carbonyl (C=O) groups excluding carboxylic acids is 2. The highest BCUT2D eigenvalue weighted by atomic mass is 16.7. The van der Waals surface area contributed by atoms with Crippen LogP contribution in [0.1, 0.15) is 41.5 Å². The van der Waals surface area contributed by atoms with Gasteiger partial charge in [0.1, 0.15) is 11.6 Å². The lowest BCUT2D eigenvalue weighted by Gasteiger charge is -2.33. The van der Waals surface area contributed by atoms with Gasteiger partial charge in [0.15, 0.2) is 11.5 Å². The van der Waals surface area contributed by atoms with Crippen molar-refractivity contribution >= 4 is 17.6 Å². The number of hydrogen-bond acceptors (Lipinski definition) is 6. The molecular weight excluding hydrogens is 424 g/mol. The second kappa shape index (κ2) is 8.97. The Labute approximate surface area is 191 Å². The molecule has 1 N–H and O–H groups in total. The van der Waals surface area contributed by atoms with Gasteiger partial charge in [-0.3, -0.25) is 9.59 Å². The van der Waals surface area contributed by atoms with E-state index in [1.807, 2.05) is 27.3 Å². The van der Waals surface area contributed by atoms with E-state index >= 15 is 0 Å². The Morgan fingerprint density at radius 2 is 1.94 bits per heavy atom. The van der Waals surface area contributed by atoms with Gasteiger partial charge in [0.2, 0.25) is 12.7 Å². The predicted octanol–water partition coefficient (Wildman–Crippen LogP) is 2.62. The number of rotatable bonds is 6. The standard InChI is InChI=1S/C23H26N6O4/c1-16-24-9-13-27(16)12-7-22(30)28-10-5-18(6-11-28)29-21(4-8-25-29)26-23(31)17-2-3-19-20(14-17)33-15-32-19/h2-4,8-9,13-14,18H,5-7,10-12,15H2,1H3,(H,26,31). The molecule has 10 heteroatoms. The van der Waals surface area contributed by atoms with E-state index in [0.29, 0.717) is 48.9 Å². The Hall–Kier alpha value is -3.82. The molecule has 1 saturated heterocycles. The maximum Gasteiger partial charge on any atom is 0.256 e. The van der Waals surface area contributed by atoms with E-state index in [1.165, 1.54) is 0 Å². The van der Waals surface area contributed by atoms with E-state index < -0.39 is 0 Å². The Morgan fingerprint density at radius 1 is 1.12 bits per heavy atom. The summed E-state index contributed by atoms with van der Waals surface area (Å²) in [6, 6.07) is 7.02. The van der Waals surface area contributed by atoms with Crippen molar-refractivity contribution in [3.05, 3.63) is 54.2 Å². The summed E-state index contributed by atoms with van der Waals surface area (Å²) in [5.41, 5.74) is 0.487. The summed E-state index contributed by atoms with van der Waals surface area (Å²) in [4.78, 5) is 31.5. The van der Waals surface area contributed by atoms with Gasteiger partial charge in [-0.25, -0.2) is 9.67 Å². The molecule has 0 aliphatic carbocycles. The molecule has 2 aromatic heterocycles. The van der Waals surface area contributed by atoms with Gasteiger partial charge in [-0.1, -0.05) is 0 Å². The number of nitrogens with zero attached hydrogens (tertiary/aromatic N) is 5. The summed E-state index contributed by atoms with van der Waals surface area (Å²) in [6.07, 6.45) is 7.35. The Morgan fingerprint density at radius 3 is 2.73 bits per heavy atom. The number of benzene rings is 1. The molecule has 1 aromatic carbocycles. The highest BCUT2D eigenvalue weighted by molar-refractivity contribution is 6.04. The number of nitrogens with one attached hydrogen (secondary N) is 1. The number of fused-ring (bicyclic) bond motifs is 1. The SMILES string of the molecule is Cc1nccn1CCC(=O)N1CCC(n2nccc2NC(=O)c2ccc3c(c2)OCO3)CC1. The molecule has 1 fully saturated rings. The fourth-order valence-corrected chi connectivity index (χ4v) is 4.30. The highest BCUT2D eigenvalue weighted by Crippen LogP contribution is 2.33. The fraction of sp³-hybridized carbons (Fsp3) is 0.391. The summed E-state index contributed by atoms with van der Waals surface area (Å²) in [5.74, 6) is 2.67. The van der Waals surface area contributed by atoms with Crippen molar-refractivity contribution in [3.63, 3.8) is 0 Å². The van der Waals surface area contributed by atoms with Crippen molar-refractivity contribution in [3.8, 4) is 11.5 Å². The zero-order chi connectivity index (χ0) is 22.8. The van der Waals surface area contributed by atoms with E-state index in [2.05, 4.69) is 15.4 Å². The van der Waals surface area contributed by atoms with Crippen LogP contribution >= 0.6 is 0 Å². The first-order valence-corrected chi connectivity index (χ1v) is 11.1. The third kappa shape index (κ3) is 4.41. The largest absolute Gasteiger partial charge is 0.454 e. The third-order valence-electron chi connectivity index (χ3n) is 6.20. The van der Waals surface area contributed by atoms with Gasteiger partial charge < -0.3 is 24.3 Å². The van der Waals surface area contributed by atoms with Gasteiger partial charge in [-0.15, -0.1) is 0 Å². The van der Waals surface area contributed by atoms with E-state index in [1.54, 1.807) is 36.7 Å². The topological polar surface area (TPSA) is 104 Å². The number of aromatic nitrogens is 4. The molecule has 0 bridgehead atoms. The third-order valence-corrected chi connectivity index (χ3v) is 6.20. The zero-order valence-electron chi connectivity index (χ0n) is 18.4. The summed E-state index contributed by atoms with van der Waals surface area (Å²) < 4.78 is 14.5. The number of ether oxygens (including phenoxy) is 2. The number of imidazole rings is 1. The number of carbonyl (C=O) groups is 2. The number of aryl methyl sites for hydroxylation is 2. The Bertz CT molecular complexity index is 1160. The quantitative estimate of drug-likeness (QED) is 0.619. The van der Waals surface area contributed by atoms with Crippen molar-refractivity contribution in [1.82, 2.24) is 24.2 Å². The van der Waals surface area contributed by atoms with Gasteiger partial charge in [0.25, 0.3) is 5.91 Å². The number of likely N-dealkylation sites (tertiary alicyclic amines) is 1. The molecule has 0 radical (unpaired) electrons. The van der Waals surface area contributed by atoms with E-state index in [4.69, 9.17) is 9.47 Å². The lowest BCUT2D eigenvalue weighted by molar-refractivity contribution is -0.132. The summed E-state index contributed by atoms with van der Waals surface area (Å²) in [7, 11) is 0. The normalized spacial score (nSPS) is 15.6. The van der Waals surface area contributed by atoms with Crippen molar-refractivity contribution in [2.75, 3.05) is 25.2 Å². The van der Waals surface area contributed by atoms with Crippen LogP contribution in [0.15, 0.2) is 42.9 Å². The zero-order valence-corrected chi connectivity index (χ0v) is 18.4. The van der Waals surface area contributed by atoms with E-state index in [-0.39, 0.29) is 24.6 Å². The minimum Gasteiger partial charge on any atom is -0.454 e. The first-order valence-electron chi connectivity index (χ1n) is 11.1. The molecule has 0 spiro atoms.